The first kappa shape index (κ1) is 22.3. The van der Waals surface area contributed by atoms with Crippen LogP contribution in [-0.4, -0.2) is 30.7 Å². The second-order valence-electron chi connectivity index (χ2n) is 7.35. The van der Waals surface area contributed by atoms with Gasteiger partial charge in [-0.2, -0.15) is 5.10 Å². The Kier molecular flexibility index (Phi) is 6.55. The van der Waals surface area contributed by atoms with Gasteiger partial charge in [-0.25, -0.2) is 8.42 Å². The van der Waals surface area contributed by atoms with Crippen LogP contribution < -0.4 is 9.62 Å². The van der Waals surface area contributed by atoms with Crippen LogP contribution in [0.1, 0.15) is 22.8 Å². The van der Waals surface area contributed by atoms with E-state index in [9.17, 15) is 13.2 Å². The molecule has 0 aliphatic rings. The van der Waals surface area contributed by atoms with Crippen LogP contribution in [0.25, 0.3) is 0 Å². The molecule has 0 atom stereocenters. The molecule has 8 heteroatoms. The highest BCUT2D eigenvalue weighted by Gasteiger charge is 2.24. The van der Waals surface area contributed by atoms with Crippen LogP contribution in [0.2, 0.25) is 0 Å². The van der Waals surface area contributed by atoms with Gasteiger partial charge in [-0.15, -0.1) is 0 Å². The topological polar surface area (TPSA) is 84.3 Å². The van der Waals surface area contributed by atoms with E-state index < -0.39 is 10.0 Å². The number of hydrogen-bond acceptors (Lipinski definition) is 4. The minimum absolute atomic E-state index is 0.0608. The predicted octanol–water partition coefficient (Wildman–Crippen LogP) is 4.40. The van der Waals surface area contributed by atoms with E-state index in [0.29, 0.717) is 17.9 Å². The van der Waals surface area contributed by atoms with E-state index in [1.165, 1.54) is 16.4 Å². The second kappa shape index (κ2) is 9.70. The molecule has 4 aromatic rings. The van der Waals surface area contributed by atoms with Crippen LogP contribution in [0.3, 0.4) is 0 Å². The summed E-state index contributed by atoms with van der Waals surface area (Å²) in [7, 11) is -3.83. The summed E-state index contributed by atoms with van der Waals surface area (Å²) in [5.41, 5.74) is 2.36. The average molecular weight is 461 g/mol. The van der Waals surface area contributed by atoms with Gasteiger partial charge in [-0.3, -0.25) is 13.8 Å². The van der Waals surface area contributed by atoms with Crippen LogP contribution in [0.4, 0.5) is 11.4 Å². The fourth-order valence-corrected chi connectivity index (χ4v) is 5.07. The summed E-state index contributed by atoms with van der Waals surface area (Å²) in [5, 5.41) is 7.12. The van der Waals surface area contributed by atoms with Gasteiger partial charge < -0.3 is 5.32 Å². The van der Waals surface area contributed by atoms with Crippen molar-refractivity contribution in [2.45, 2.75) is 18.4 Å². The Morgan fingerprint density at radius 3 is 2.45 bits per heavy atom. The lowest BCUT2D eigenvalue weighted by Gasteiger charge is -2.23. The van der Waals surface area contributed by atoms with Crippen molar-refractivity contribution in [2.24, 2.45) is 0 Å². The summed E-state index contributed by atoms with van der Waals surface area (Å²) in [6.45, 7) is 2.54. The first-order chi connectivity index (χ1) is 16.0. The van der Waals surface area contributed by atoms with Crippen LogP contribution >= 0.6 is 0 Å². The zero-order valence-corrected chi connectivity index (χ0v) is 18.9. The van der Waals surface area contributed by atoms with Crippen molar-refractivity contribution in [1.82, 2.24) is 9.78 Å². The summed E-state index contributed by atoms with van der Waals surface area (Å²) in [6.07, 6.45) is 3.54. The number of nitrogens with zero attached hydrogens (tertiary/aromatic N) is 3. The fourth-order valence-electron chi connectivity index (χ4n) is 3.55. The molecular formula is C25H24N4O3S. The number of sulfonamides is 1. The minimum atomic E-state index is -3.83. The van der Waals surface area contributed by atoms with E-state index in [1.54, 1.807) is 54.2 Å². The molecule has 0 saturated heterocycles. The number of hydrogen-bond donors (Lipinski definition) is 1. The number of carbonyl (C=O) groups excluding carboxylic acids is 1. The smallest absolute Gasteiger partial charge is 0.264 e. The summed E-state index contributed by atoms with van der Waals surface area (Å²) in [4.78, 5) is 13.1. The maximum absolute atomic E-state index is 13.3. The molecule has 0 spiro atoms. The predicted molar refractivity (Wildman–Crippen MR) is 129 cm³/mol. The Balaban J connectivity index is 1.59. The molecule has 0 aliphatic carbocycles. The van der Waals surface area contributed by atoms with Crippen LogP contribution in [0, 0.1) is 0 Å². The van der Waals surface area contributed by atoms with Crippen molar-refractivity contribution >= 4 is 27.3 Å². The first-order valence-electron chi connectivity index (χ1n) is 10.5. The largest absolute Gasteiger partial charge is 0.322 e. The second-order valence-corrected chi connectivity index (χ2v) is 9.21. The highest BCUT2D eigenvalue weighted by molar-refractivity contribution is 7.92. The van der Waals surface area contributed by atoms with Crippen LogP contribution in [0.5, 0.6) is 0 Å². The Hall–Kier alpha value is -3.91. The summed E-state index contributed by atoms with van der Waals surface area (Å²) < 4.78 is 29.7. The Morgan fingerprint density at radius 1 is 0.970 bits per heavy atom. The van der Waals surface area contributed by atoms with Crippen molar-refractivity contribution in [3.8, 4) is 0 Å². The highest BCUT2D eigenvalue weighted by Crippen LogP contribution is 2.24. The third-order valence-corrected chi connectivity index (χ3v) is 7.07. The number of aromatic nitrogens is 2. The molecule has 0 unspecified atom stereocenters. The first-order valence-corrected chi connectivity index (χ1v) is 12.0. The van der Waals surface area contributed by atoms with E-state index in [4.69, 9.17) is 0 Å². The number of amides is 1. The molecule has 0 aliphatic heterocycles. The third kappa shape index (κ3) is 4.96. The SMILES string of the molecule is CCN(c1ccccc1)S(=O)(=O)c1cccc(C(=O)Nc2ccccc2Cn2cccn2)c1. The molecular weight excluding hydrogens is 436 g/mol. The highest BCUT2D eigenvalue weighted by atomic mass is 32.2. The summed E-state index contributed by atoms with van der Waals surface area (Å²) >= 11 is 0. The quantitative estimate of drug-likeness (QED) is 0.422. The molecule has 4 rings (SSSR count). The van der Waals surface area contributed by atoms with Crippen molar-refractivity contribution < 1.29 is 13.2 Å². The average Bonchev–Trinajstić information content (AvgIpc) is 3.34. The number of nitrogens with one attached hydrogen (secondary N) is 1. The van der Waals surface area contributed by atoms with E-state index in [1.807, 2.05) is 42.6 Å². The standard InChI is InChI=1S/C25H24N4O3S/c1-2-29(22-12-4-3-5-13-22)33(31,32)23-14-8-11-20(18-23)25(30)27-24-15-7-6-10-21(24)19-28-17-9-16-26-28/h3-18H,2,19H2,1H3,(H,27,30). The van der Waals surface area contributed by atoms with Gasteiger partial charge in [0, 0.05) is 30.2 Å². The number of carbonyl (C=O) groups is 1. The zero-order chi connectivity index (χ0) is 23.3. The lowest BCUT2D eigenvalue weighted by Crippen LogP contribution is -2.31. The van der Waals surface area contributed by atoms with E-state index >= 15 is 0 Å². The number of anilines is 2. The van der Waals surface area contributed by atoms with Gasteiger partial charge in [0.05, 0.1) is 17.1 Å². The summed E-state index contributed by atoms with van der Waals surface area (Å²) in [5.74, 6) is -0.386. The van der Waals surface area contributed by atoms with Crippen LogP contribution in [-0.2, 0) is 16.6 Å². The van der Waals surface area contributed by atoms with Gasteiger partial charge in [-0.05, 0) is 55.0 Å². The van der Waals surface area contributed by atoms with Gasteiger partial charge in [0.1, 0.15) is 0 Å². The monoisotopic (exact) mass is 460 g/mol. The lowest BCUT2D eigenvalue weighted by atomic mass is 10.1. The normalized spacial score (nSPS) is 11.2. The number of benzene rings is 3. The van der Waals surface area contributed by atoms with E-state index in [0.717, 1.165) is 5.56 Å². The molecule has 0 fully saturated rings. The fraction of sp³-hybridized carbons (Fsp3) is 0.120. The van der Waals surface area contributed by atoms with Crippen molar-refractivity contribution in [1.29, 1.82) is 0 Å². The molecule has 33 heavy (non-hydrogen) atoms. The maximum Gasteiger partial charge on any atom is 0.264 e. The lowest BCUT2D eigenvalue weighted by molar-refractivity contribution is 0.102. The van der Waals surface area contributed by atoms with Gasteiger partial charge >= 0.3 is 0 Å². The molecule has 1 N–H and O–H groups in total. The molecule has 1 heterocycles. The van der Waals surface area contributed by atoms with Crippen molar-refractivity contribution in [3.63, 3.8) is 0 Å². The molecule has 168 valence electrons. The summed E-state index contributed by atoms with van der Waals surface area (Å²) in [6, 6.07) is 24.3. The molecule has 0 bridgehead atoms. The van der Waals surface area contributed by atoms with Gasteiger partial charge in [0.25, 0.3) is 15.9 Å². The molecule has 1 aromatic heterocycles. The third-order valence-electron chi connectivity index (χ3n) is 5.17. The molecule has 1 amide bonds. The zero-order valence-electron chi connectivity index (χ0n) is 18.1. The van der Waals surface area contributed by atoms with Crippen LogP contribution in [0.15, 0.2) is 102 Å². The number of rotatable bonds is 8. The van der Waals surface area contributed by atoms with Gasteiger partial charge in [0.15, 0.2) is 0 Å². The Bertz CT molecular complexity index is 1340. The Morgan fingerprint density at radius 2 is 1.73 bits per heavy atom. The van der Waals surface area contributed by atoms with E-state index in [-0.39, 0.29) is 22.9 Å². The minimum Gasteiger partial charge on any atom is -0.322 e. The van der Waals surface area contributed by atoms with Crippen molar-refractivity contribution in [3.05, 3.63) is 108 Å². The molecule has 7 nitrogen and oxygen atoms in total. The van der Waals surface area contributed by atoms with Gasteiger partial charge in [-0.1, -0.05) is 42.5 Å². The number of para-hydroxylation sites is 2. The van der Waals surface area contributed by atoms with E-state index in [2.05, 4.69) is 10.4 Å². The molecule has 3 aromatic carbocycles. The Labute approximate surface area is 193 Å². The van der Waals surface area contributed by atoms with Gasteiger partial charge in [0.2, 0.25) is 0 Å². The van der Waals surface area contributed by atoms with Crippen molar-refractivity contribution in [2.75, 3.05) is 16.2 Å². The molecule has 0 saturated carbocycles. The molecule has 0 radical (unpaired) electrons. The maximum atomic E-state index is 13.3.